The molecular formula is C29H30F6N4O. The summed E-state index contributed by atoms with van der Waals surface area (Å²) in [4.78, 5) is 9.99. The average Bonchev–Trinajstić information content (AvgIpc) is 2.92. The fourth-order valence-corrected chi connectivity index (χ4v) is 5.64. The molecule has 2 aliphatic rings. The van der Waals surface area contributed by atoms with Crippen molar-refractivity contribution >= 4 is 5.69 Å². The van der Waals surface area contributed by atoms with E-state index in [0.29, 0.717) is 55.0 Å². The van der Waals surface area contributed by atoms with E-state index in [4.69, 9.17) is 10.5 Å². The maximum atomic E-state index is 15.1. The van der Waals surface area contributed by atoms with E-state index in [2.05, 4.69) is 9.97 Å². The maximum absolute atomic E-state index is 15.1. The molecule has 2 atom stereocenters. The lowest BCUT2D eigenvalue weighted by Crippen LogP contribution is -2.51. The van der Waals surface area contributed by atoms with E-state index in [1.807, 2.05) is 0 Å². The second kappa shape index (κ2) is 11.7. The van der Waals surface area contributed by atoms with Gasteiger partial charge in [0.15, 0.2) is 0 Å². The van der Waals surface area contributed by atoms with E-state index in [1.54, 1.807) is 17.2 Å². The normalized spacial score (nSPS) is 20.6. The van der Waals surface area contributed by atoms with E-state index in [1.165, 1.54) is 24.4 Å². The number of pyridine rings is 2. The summed E-state index contributed by atoms with van der Waals surface area (Å²) in [5.41, 5.74) is 7.14. The van der Waals surface area contributed by atoms with Crippen molar-refractivity contribution < 1.29 is 31.1 Å². The largest absolute Gasteiger partial charge is 0.393 e. The molecule has 11 heteroatoms. The van der Waals surface area contributed by atoms with Crippen LogP contribution in [0.25, 0.3) is 11.3 Å². The molecular weight excluding hydrogens is 534 g/mol. The minimum Gasteiger partial charge on any atom is -0.381 e. The molecule has 40 heavy (non-hydrogen) atoms. The van der Waals surface area contributed by atoms with Crippen LogP contribution in [-0.4, -0.2) is 48.5 Å². The first kappa shape index (κ1) is 28.4. The number of benzene rings is 1. The molecule has 0 bridgehead atoms. The number of rotatable bonds is 6. The first-order chi connectivity index (χ1) is 19.1. The number of alkyl halides is 3. The number of aryl methyl sites for hydroxylation is 2. The highest BCUT2D eigenvalue weighted by Gasteiger charge is 2.44. The highest BCUT2D eigenvalue weighted by molar-refractivity contribution is 5.62. The Labute approximate surface area is 228 Å². The molecule has 5 nitrogen and oxygen atoms in total. The van der Waals surface area contributed by atoms with E-state index in [0.717, 1.165) is 6.07 Å². The van der Waals surface area contributed by atoms with Crippen LogP contribution in [0.2, 0.25) is 0 Å². The summed E-state index contributed by atoms with van der Waals surface area (Å²) in [5, 5.41) is 0. The van der Waals surface area contributed by atoms with Crippen LogP contribution in [0.15, 0.2) is 42.7 Å². The van der Waals surface area contributed by atoms with Crippen LogP contribution < -0.4 is 10.6 Å². The summed E-state index contributed by atoms with van der Waals surface area (Å²) in [7, 11) is 0. The van der Waals surface area contributed by atoms with Crippen LogP contribution in [0.5, 0.6) is 0 Å². The molecule has 5 rings (SSSR count). The molecule has 4 heterocycles. The Morgan fingerprint density at radius 2 is 1.68 bits per heavy atom. The van der Waals surface area contributed by atoms with E-state index >= 15 is 8.78 Å². The zero-order chi connectivity index (χ0) is 28.4. The van der Waals surface area contributed by atoms with Crippen molar-refractivity contribution in [1.29, 1.82) is 0 Å². The van der Waals surface area contributed by atoms with Gasteiger partial charge in [-0.2, -0.15) is 13.2 Å². The Bertz CT molecular complexity index is 1320. The molecule has 2 aromatic heterocycles. The van der Waals surface area contributed by atoms with Gasteiger partial charge in [0.05, 0.1) is 11.5 Å². The summed E-state index contributed by atoms with van der Waals surface area (Å²) < 4.78 is 90.8. The maximum Gasteiger partial charge on any atom is 0.393 e. The van der Waals surface area contributed by atoms with Gasteiger partial charge in [0.1, 0.15) is 23.1 Å². The fourth-order valence-electron chi connectivity index (χ4n) is 5.64. The summed E-state index contributed by atoms with van der Waals surface area (Å²) in [6.07, 6.45) is 0.447. The first-order valence-electron chi connectivity index (χ1n) is 13.3. The predicted octanol–water partition coefficient (Wildman–Crippen LogP) is 5.96. The summed E-state index contributed by atoms with van der Waals surface area (Å²) in [6.45, 7) is 1.08. The van der Waals surface area contributed by atoms with Crippen molar-refractivity contribution in [3.8, 4) is 11.3 Å². The lowest BCUT2D eigenvalue weighted by atomic mass is 9.90. The second-order valence-corrected chi connectivity index (χ2v) is 10.5. The smallest absolute Gasteiger partial charge is 0.381 e. The van der Waals surface area contributed by atoms with E-state index in [9.17, 15) is 17.6 Å². The molecule has 0 saturated carbocycles. The van der Waals surface area contributed by atoms with Crippen molar-refractivity contribution in [2.24, 2.45) is 11.7 Å². The molecule has 214 valence electrons. The molecule has 2 N–H and O–H groups in total. The molecule has 0 radical (unpaired) electrons. The van der Waals surface area contributed by atoms with Gasteiger partial charge in [-0.25, -0.2) is 18.2 Å². The van der Waals surface area contributed by atoms with Crippen molar-refractivity contribution in [2.75, 3.05) is 31.2 Å². The number of ether oxygens (including phenoxy) is 1. The number of hydrogen-bond donors (Lipinski definition) is 1. The molecule has 3 aromatic rings. The SMILES string of the molecule is N[C@H]1C[C@@H](C(F)(F)F)CN(c2ccncc2CCc2ccc(F)c(-c3c(F)cc(C4CCOCC4)cc3F)n2)C1. The average molecular weight is 565 g/mol. The lowest BCUT2D eigenvalue weighted by Gasteiger charge is -2.39. The van der Waals surface area contributed by atoms with Crippen LogP contribution in [0, 0.1) is 23.4 Å². The number of nitrogens with zero attached hydrogens (tertiary/aromatic N) is 3. The number of hydrogen-bond acceptors (Lipinski definition) is 5. The Morgan fingerprint density at radius 1 is 0.950 bits per heavy atom. The zero-order valence-electron chi connectivity index (χ0n) is 21.7. The fraction of sp³-hybridized carbons (Fsp3) is 0.448. The number of nitrogens with two attached hydrogens (primary N) is 1. The highest BCUT2D eigenvalue weighted by Crippen LogP contribution is 2.36. The summed E-state index contributed by atoms with van der Waals surface area (Å²) >= 11 is 0. The number of aromatic nitrogens is 2. The molecule has 0 aliphatic carbocycles. The monoisotopic (exact) mass is 564 g/mol. The Morgan fingerprint density at radius 3 is 2.38 bits per heavy atom. The molecule has 2 saturated heterocycles. The van der Waals surface area contributed by atoms with Crippen LogP contribution in [0.4, 0.5) is 32.0 Å². The van der Waals surface area contributed by atoms with Crippen molar-refractivity contribution in [3.63, 3.8) is 0 Å². The van der Waals surface area contributed by atoms with Crippen molar-refractivity contribution in [3.05, 3.63) is 77.0 Å². The first-order valence-corrected chi connectivity index (χ1v) is 13.3. The van der Waals surface area contributed by atoms with E-state index in [-0.39, 0.29) is 31.8 Å². The molecule has 2 fully saturated rings. The van der Waals surface area contributed by atoms with Gasteiger partial charge in [-0.1, -0.05) is 0 Å². The van der Waals surface area contributed by atoms with Gasteiger partial charge >= 0.3 is 6.18 Å². The number of halogens is 6. The molecule has 0 amide bonds. The third-order valence-electron chi connectivity index (χ3n) is 7.71. The Kier molecular flexibility index (Phi) is 8.32. The van der Waals surface area contributed by atoms with Crippen LogP contribution in [0.3, 0.4) is 0 Å². The van der Waals surface area contributed by atoms with Crippen LogP contribution >= 0.6 is 0 Å². The zero-order valence-corrected chi connectivity index (χ0v) is 21.7. The van der Waals surface area contributed by atoms with Gasteiger partial charge in [0, 0.05) is 56.1 Å². The second-order valence-electron chi connectivity index (χ2n) is 10.5. The van der Waals surface area contributed by atoms with Crippen LogP contribution in [-0.2, 0) is 17.6 Å². The molecule has 2 aliphatic heterocycles. The van der Waals surface area contributed by atoms with Gasteiger partial charge < -0.3 is 15.4 Å². The Hall–Kier alpha value is -3.18. The van der Waals surface area contributed by atoms with E-state index < -0.39 is 46.8 Å². The van der Waals surface area contributed by atoms with Crippen molar-refractivity contribution in [2.45, 2.75) is 50.2 Å². The minimum atomic E-state index is -4.36. The number of anilines is 1. The topological polar surface area (TPSA) is 64.3 Å². The third-order valence-corrected chi connectivity index (χ3v) is 7.71. The van der Waals surface area contributed by atoms with Gasteiger partial charge in [-0.15, -0.1) is 0 Å². The van der Waals surface area contributed by atoms with Crippen molar-refractivity contribution in [1.82, 2.24) is 9.97 Å². The minimum absolute atomic E-state index is 0.0366. The van der Waals surface area contributed by atoms with Gasteiger partial charge in [-0.05, 0) is 79.5 Å². The lowest BCUT2D eigenvalue weighted by molar-refractivity contribution is -0.177. The Balaban J connectivity index is 1.36. The predicted molar refractivity (Wildman–Crippen MR) is 138 cm³/mol. The quantitative estimate of drug-likeness (QED) is 0.375. The van der Waals surface area contributed by atoms with Crippen LogP contribution in [0.1, 0.15) is 42.0 Å². The standard InChI is InChI=1S/C29H30F6N4O/c30-23-4-3-22(38-28(23)27-24(31)11-19(12-25(27)32)17-6-9-40-10-7-17)2-1-18-14-37-8-5-26(18)39-15-20(29(33,34)35)13-21(36)16-39/h3-5,8,11-12,14,17,20-21H,1-2,6-7,9-10,13,15-16,36H2/t20-,21+/m1/s1. The van der Waals surface area contributed by atoms with Gasteiger partial charge in [-0.3, -0.25) is 4.98 Å². The highest BCUT2D eigenvalue weighted by atomic mass is 19.4. The molecule has 0 unspecified atom stereocenters. The number of piperidine rings is 1. The molecule has 0 spiro atoms. The third kappa shape index (κ3) is 6.25. The summed E-state index contributed by atoms with van der Waals surface area (Å²) in [5.74, 6) is -4.21. The van der Waals surface area contributed by atoms with Gasteiger partial charge in [0.2, 0.25) is 0 Å². The van der Waals surface area contributed by atoms with Gasteiger partial charge in [0.25, 0.3) is 0 Å². The molecule has 1 aromatic carbocycles. The summed E-state index contributed by atoms with van der Waals surface area (Å²) in [6, 6.07) is 6.03.